The molecule has 5 atom stereocenters. The second-order valence-corrected chi connectivity index (χ2v) is 4.95. The predicted octanol–water partition coefficient (Wildman–Crippen LogP) is 1.48. The molecule has 0 unspecified atom stereocenters. The molecule has 3 nitrogen and oxygen atoms in total. The first-order valence-corrected chi connectivity index (χ1v) is 5.60. The summed E-state index contributed by atoms with van der Waals surface area (Å²) in [5.41, 5.74) is 0. The molecule has 14 heavy (non-hydrogen) atoms. The van der Waals surface area contributed by atoms with E-state index in [1.807, 2.05) is 0 Å². The van der Waals surface area contributed by atoms with Crippen molar-refractivity contribution in [3.05, 3.63) is 0 Å². The minimum absolute atomic E-state index is 0.193. The Kier molecular flexibility index (Phi) is 2.71. The van der Waals surface area contributed by atoms with Gasteiger partial charge >= 0.3 is 5.97 Å². The van der Waals surface area contributed by atoms with E-state index in [9.17, 15) is 9.90 Å². The van der Waals surface area contributed by atoms with E-state index in [4.69, 9.17) is 16.7 Å². The summed E-state index contributed by atoms with van der Waals surface area (Å²) in [5.74, 6) is -0.753. The average Bonchev–Trinajstić information content (AvgIpc) is 2.59. The summed E-state index contributed by atoms with van der Waals surface area (Å²) in [6.07, 6.45) is 2.66. The molecule has 2 N–H and O–H groups in total. The van der Waals surface area contributed by atoms with Crippen LogP contribution in [-0.2, 0) is 4.79 Å². The molecule has 2 aliphatic rings. The van der Waals surface area contributed by atoms with Crippen molar-refractivity contribution in [2.24, 2.45) is 17.8 Å². The quantitative estimate of drug-likeness (QED) is 0.656. The maximum Gasteiger partial charge on any atom is 0.306 e. The fourth-order valence-corrected chi connectivity index (χ4v) is 3.46. The van der Waals surface area contributed by atoms with Gasteiger partial charge in [0.1, 0.15) is 0 Å². The first-order valence-electron chi connectivity index (χ1n) is 5.16. The standard InChI is InChI=1S/C10H15ClO3/c11-9-6-3-1-2-5(6)7(10(13)14)4-8(9)12/h5-9,12H,1-4H2,(H,13,14)/t5-,6-,7-,8-,9-/m1/s1. The van der Waals surface area contributed by atoms with Crippen molar-refractivity contribution < 1.29 is 15.0 Å². The summed E-state index contributed by atoms with van der Waals surface area (Å²) in [6, 6.07) is 0. The number of aliphatic hydroxyl groups is 1. The summed E-state index contributed by atoms with van der Waals surface area (Å²) in [7, 11) is 0. The largest absolute Gasteiger partial charge is 0.481 e. The van der Waals surface area contributed by atoms with Crippen LogP contribution in [-0.4, -0.2) is 27.7 Å². The van der Waals surface area contributed by atoms with Gasteiger partial charge in [-0.05, 0) is 31.1 Å². The average molecular weight is 219 g/mol. The molecule has 0 saturated heterocycles. The Morgan fingerprint density at radius 2 is 1.93 bits per heavy atom. The highest BCUT2D eigenvalue weighted by Gasteiger charge is 2.48. The first kappa shape index (κ1) is 10.2. The van der Waals surface area contributed by atoms with E-state index in [2.05, 4.69) is 0 Å². The predicted molar refractivity (Wildman–Crippen MR) is 52.2 cm³/mol. The van der Waals surface area contributed by atoms with Crippen molar-refractivity contribution in [2.45, 2.75) is 37.2 Å². The number of halogens is 1. The van der Waals surface area contributed by atoms with Crippen LogP contribution in [0.4, 0.5) is 0 Å². The summed E-state index contributed by atoms with van der Waals surface area (Å²) in [4.78, 5) is 11.0. The summed E-state index contributed by atoms with van der Waals surface area (Å²) in [6.45, 7) is 0. The lowest BCUT2D eigenvalue weighted by Gasteiger charge is -2.38. The van der Waals surface area contributed by atoms with Crippen LogP contribution in [0.3, 0.4) is 0 Å². The second-order valence-electron chi connectivity index (χ2n) is 4.45. The zero-order valence-corrected chi connectivity index (χ0v) is 8.65. The van der Waals surface area contributed by atoms with Gasteiger partial charge in [0.25, 0.3) is 0 Å². The molecule has 2 aliphatic carbocycles. The van der Waals surface area contributed by atoms with Crippen molar-refractivity contribution >= 4 is 17.6 Å². The van der Waals surface area contributed by atoms with Gasteiger partial charge in [-0.1, -0.05) is 6.42 Å². The van der Waals surface area contributed by atoms with E-state index >= 15 is 0 Å². The molecule has 0 aromatic carbocycles. The fourth-order valence-electron chi connectivity index (χ4n) is 3.05. The van der Waals surface area contributed by atoms with Crippen molar-refractivity contribution in [3.8, 4) is 0 Å². The van der Waals surface area contributed by atoms with E-state index in [-0.39, 0.29) is 23.1 Å². The number of fused-ring (bicyclic) bond motifs is 1. The number of carboxylic acid groups (broad SMARTS) is 1. The van der Waals surface area contributed by atoms with E-state index in [0.29, 0.717) is 6.42 Å². The molecule has 0 bridgehead atoms. The van der Waals surface area contributed by atoms with Crippen LogP contribution in [0.15, 0.2) is 0 Å². The summed E-state index contributed by atoms with van der Waals surface area (Å²) in [5, 5.41) is 18.4. The van der Waals surface area contributed by atoms with Gasteiger partial charge < -0.3 is 10.2 Å². The number of hydrogen-bond acceptors (Lipinski definition) is 2. The SMILES string of the molecule is O=C(O)[C@@H]1C[C@@H](O)[C@H](Cl)[C@@H]2CCC[C@H]21. The van der Waals surface area contributed by atoms with Crippen LogP contribution in [0.1, 0.15) is 25.7 Å². The minimum atomic E-state index is -0.774. The first-order chi connectivity index (χ1) is 6.61. The van der Waals surface area contributed by atoms with Gasteiger partial charge in [-0.3, -0.25) is 4.79 Å². The molecule has 4 heteroatoms. The Morgan fingerprint density at radius 3 is 2.57 bits per heavy atom. The molecular formula is C10H15ClO3. The van der Waals surface area contributed by atoms with E-state index in [1.54, 1.807) is 0 Å². The van der Waals surface area contributed by atoms with Gasteiger partial charge in [0.05, 0.1) is 17.4 Å². The molecule has 0 aromatic heterocycles. The van der Waals surface area contributed by atoms with E-state index < -0.39 is 12.1 Å². The highest BCUT2D eigenvalue weighted by atomic mass is 35.5. The number of alkyl halides is 1. The molecular weight excluding hydrogens is 204 g/mol. The lowest BCUT2D eigenvalue weighted by atomic mass is 9.72. The Bertz CT molecular complexity index is 244. The van der Waals surface area contributed by atoms with Gasteiger partial charge in [-0.2, -0.15) is 0 Å². The minimum Gasteiger partial charge on any atom is -0.481 e. The van der Waals surface area contributed by atoms with Gasteiger partial charge in [0.2, 0.25) is 0 Å². The smallest absolute Gasteiger partial charge is 0.306 e. The molecule has 0 aliphatic heterocycles. The lowest BCUT2D eigenvalue weighted by Crippen LogP contribution is -2.44. The highest BCUT2D eigenvalue weighted by molar-refractivity contribution is 6.21. The normalized spacial score (nSPS) is 47.4. The van der Waals surface area contributed by atoms with E-state index in [0.717, 1.165) is 19.3 Å². The number of carbonyl (C=O) groups is 1. The highest BCUT2D eigenvalue weighted by Crippen LogP contribution is 2.47. The third kappa shape index (κ3) is 1.52. The van der Waals surface area contributed by atoms with Crippen molar-refractivity contribution in [2.75, 3.05) is 0 Å². The Hall–Kier alpha value is -0.280. The number of rotatable bonds is 1. The van der Waals surface area contributed by atoms with E-state index in [1.165, 1.54) is 0 Å². The summed E-state index contributed by atoms with van der Waals surface area (Å²) < 4.78 is 0. The zero-order chi connectivity index (χ0) is 10.3. The molecule has 80 valence electrons. The molecule has 0 aromatic rings. The third-order valence-electron chi connectivity index (χ3n) is 3.73. The molecule has 2 fully saturated rings. The number of aliphatic carboxylic acids is 1. The van der Waals surface area contributed by atoms with Crippen LogP contribution in [0, 0.1) is 17.8 Å². The number of hydrogen-bond donors (Lipinski definition) is 2. The fraction of sp³-hybridized carbons (Fsp3) is 0.900. The Balaban J connectivity index is 2.18. The van der Waals surface area contributed by atoms with Gasteiger partial charge in [-0.25, -0.2) is 0 Å². The monoisotopic (exact) mass is 218 g/mol. The summed E-state index contributed by atoms with van der Waals surface area (Å²) >= 11 is 6.10. The topological polar surface area (TPSA) is 57.5 Å². The molecule has 0 radical (unpaired) electrons. The van der Waals surface area contributed by atoms with Crippen LogP contribution in [0.25, 0.3) is 0 Å². The maximum atomic E-state index is 11.0. The number of carboxylic acids is 1. The number of aliphatic hydroxyl groups excluding tert-OH is 1. The van der Waals surface area contributed by atoms with Crippen molar-refractivity contribution in [1.29, 1.82) is 0 Å². The Morgan fingerprint density at radius 1 is 1.29 bits per heavy atom. The molecule has 0 spiro atoms. The van der Waals surface area contributed by atoms with Gasteiger partial charge in [0, 0.05) is 0 Å². The van der Waals surface area contributed by atoms with Crippen LogP contribution < -0.4 is 0 Å². The molecule has 0 amide bonds. The zero-order valence-electron chi connectivity index (χ0n) is 7.90. The maximum absolute atomic E-state index is 11.0. The molecule has 2 rings (SSSR count). The van der Waals surface area contributed by atoms with Crippen molar-refractivity contribution in [3.63, 3.8) is 0 Å². The molecule has 0 heterocycles. The van der Waals surface area contributed by atoms with Crippen LogP contribution >= 0.6 is 11.6 Å². The third-order valence-corrected chi connectivity index (χ3v) is 4.35. The van der Waals surface area contributed by atoms with Gasteiger partial charge in [-0.15, -0.1) is 11.6 Å². The van der Waals surface area contributed by atoms with Gasteiger partial charge in [0.15, 0.2) is 0 Å². The molecule has 2 saturated carbocycles. The van der Waals surface area contributed by atoms with Crippen LogP contribution in [0.2, 0.25) is 0 Å². The lowest BCUT2D eigenvalue weighted by molar-refractivity contribution is -0.147. The van der Waals surface area contributed by atoms with Crippen molar-refractivity contribution in [1.82, 2.24) is 0 Å². The Labute approximate surface area is 88.1 Å². The second kappa shape index (κ2) is 3.70. The van der Waals surface area contributed by atoms with Crippen LogP contribution in [0.5, 0.6) is 0 Å².